The van der Waals surface area contributed by atoms with Crippen LogP contribution in [0.15, 0.2) is 24.5 Å². The Labute approximate surface area is 104 Å². The normalized spacial score (nSPS) is 21.7. The Morgan fingerprint density at radius 1 is 1.29 bits per heavy atom. The summed E-state index contributed by atoms with van der Waals surface area (Å²) in [5.74, 6) is -1.55. The first-order valence-corrected chi connectivity index (χ1v) is 9.53. The maximum Gasteiger partial charge on any atom is 0.248 e. The van der Waals surface area contributed by atoms with E-state index >= 15 is 0 Å². The van der Waals surface area contributed by atoms with Gasteiger partial charge in [-0.3, -0.25) is 0 Å². The smallest absolute Gasteiger partial charge is 0.248 e. The lowest BCUT2D eigenvalue weighted by Gasteiger charge is -2.26. The second-order valence-electron chi connectivity index (χ2n) is 5.73. The predicted octanol–water partition coefficient (Wildman–Crippen LogP) is 4.73. The largest absolute Gasteiger partial charge is 0.545 e. The summed E-state index contributed by atoms with van der Waals surface area (Å²) in [6.45, 7) is 10.1. The molecule has 98 valence electrons. The van der Waals surface area contributed by atoms with Crippen LogP contribution in [-0.2, 0) is 4.43 Å². The van der Waals surface area contributed by atoms with Crippen molar-refractivity contribution in [2.45, 2.75) is 51.2 Å². The Hall–Kier alpha value is -0.643. The third-order valence-electron chi connectivity index (χ3n) is 2.75. The van der Waals surface area contributed by atoms with Crippen LogP contribution in [0.5, 0.6) is 0 Å². The minimum absolute atomic E-state index is 0.00333. The lowest BCUT2D eigenvalue weighted by molar-refractivity contribution is -0.0411. The van der Waals surface area contributed by atoms with Crippen molar-refractivity contribution in [3.05, 3.63) is 24.5 Å². The fourth-order valence-electron chi connectivity index (χ4n) is 1.93. The summed E-state index contributed by atoms with van der Waals surface area (Å²) < 4.78 is 31.6. The number of halogens is 2. The van der Waals surface area contributed by atoms with Gasteiger partial charge in [-0.05, 0) is 44.5 Å². The highest BCUT2D eigenvalue weighted by Crippen LogP contribution is 2.36. The van der Waals surface area contributed by atoms with Crippen molar-refractivity contribution in [3.63, 3.8) is 0 Å². The minimum Gasteiger partial charge on any atom is -0.545 e. The van der Waals surface area contributed by atoms with E-state index in [0.717, 1.165) is 0 Å². The quantitative estimate of drug-likeness (QED) is 0.403. The molecular weight excluding hydrogens is 238 g/mol. The molecule has 4 heteroatoms. The molecule has 0 amide bonds. The lowest BCUT2D eigenvalue weighted by Crippen LogP contribution is -2.24. The molecule has 0 bridgehead atoms. The lowest BCUT2D eigenvalue weighted by atomic mass is 9.86. The van der Waals surface area contributed by atoms with Crippen molar-refractivity contribution >= 4 is 8.32 Å². The first-order valence-electron chi connectivity index (χ1n) is 6.12. The zero-order valence-corrected chi connectivity index (χ0v) is 11.9. The van der Waals surface area contributed by atoms with Gasteiger partial charge in [0.1, 0.15) is 0 Å². The second kappa shape index (κ2) is 5.34. The van der Waals surface area contributed by atoms with E-state index in [2.05, 4.69) is 26.2 Å². The van der Waals surface area contributed by atoms with E-state index in [4.69, 9.17) is 4.43 Å². The van der Waals surface area contributed by atoms with Gasteiger partial charge in [0, 0.05) is 12.8 Å². The molecule has 1 nitrogen and oxygen atoms in total. The number of hydrogen-bond donors (Lipinski definition) is 0. The number of rotatable bonds is 4. The molecule has 1 fully saturated rings. The van der Waals surface area contributed by atoms with E-state index in [9.17, 15) is 8.78 Å². The summed E-state index contributed by atoms with van der Waals surface area (Å²) in [4.78, 5) is 0. The van der Waals surface area contributed by atoms with E-state index < -0.39 is 14.2 Å². The van der Waals surface area contributed by atoms with Crippen LogP contribution in [0.25, 0.3) is 0 Å². The van der Waals surface area contributed by atoms with E-state index in [1.165, 1.54) is 0 Å². The standard InChI is InChI=1S/C13H22F2OSi/c1-11(16-17(2,3)4)5-6-12-7-9-13(14,15)10-8-12/h5-6,12H,1,7-10H2,2-4H3. The Kier molecular flexibility index (Phi) is 4.53. The van der Waals surface area contributed by atoms with Gasteiger partial charge in [0.2, 0.25) is 14.2 Å². The van der Waals surface area contributed by atoms with Crippen LogP contribution in [0.4, 0.5) is 8.78 Å². The fraction of sp³-hybridized carbons (Fsp3) is 0.692. The molecular formula is C13H22F2OSi. The highest BCUT2D eigenvalue weighted by atomic mass is 28.4. The molecule has 0 atom stereocenters. The SMILES string of the molecule is C=C(C=CC1CCC(F)(F)CC1)O[Si](C)(C)C. The van der Waals surface area contributed by atoms with Crippen molar-refractivity contribution < 1.29 is 13.2 Å². The number of hydrogen-bond acceptors (Lipinski definition) is 1. The molecule has 1 rings (SSSR count). The van der Waals surface area contributed by atoms with Gasteiger partial charge < -0.3 is 4.43 Å². The highest BCUT2D eigenvalue weighted by Gasteiger charge is 2.33. The van der Waals surface area contributed by atoms with E-state index in [0.29, 0.717) is 18.6 Å². The second-order valence-corrected chi connectivity index (χ2v) is 10.2. The van der Waals surface area contributed by atoms with Crippen molar-refractivity contribution in [1.82, 2.24) is 0 Å². The van der Waals surface area contributed by atoms with Crippen molar-refractivity contribution in [2.24, 2.45) is 5.92 Å². The van der Waals surface area contributed by atoms with Gasteiger partial charge in [-0.2, -0.15) is 0 Å². The molecule has 0 radical (unpaired) electrons. The Balaban J connectivity index is 2.37. The Bertz CT molecular complexity index is 295. The first-order chi connectivity index (χ1) is 7.68. The van der Waals surface area contributed by atoms with Crippen LogP contribution in [0.2, 0.25) is 19.6 Å². The van der Waals surface area contributed by atoms with Gasteiger partial charge in [0.25, 0.3) is 0 Å². The Morgan fingerprint density at radius 3 is 2.29 bits per heavy atom. The van der Waals surface area contributed by atoms with Gasteiger partial charge in [-0.1, -0.05) is 12.7 Å². The zero-order valence-electron chi connectivity index (χ0n) is 10.9. The molecule has 0 aliphatic heterocycles. The summed E-state index contributed by atoms with van der Waals surface area (Å²) in [7, 11) is -1.60. The summed E-state index contributed by atoms with van der Waals surface area (Å²) >= 11 is 0. The van der Waals surface area contributed by atoms with Gasteiger partial charge >= 0.3 is 0 Å². The van der Waals surface area contributed by atoms with Crippen molar-refractivity contribution in [1.29, 1.82) is 0 Å². The third kappa shape index (κ3) is 6.01. The number of allylic oxidation sites excluding steroid dienone is 2. The molecule has 0 spiro atoms. The van der Waals surface area contributed by atoms with Crippen LogP contribution in [0.1, 0.15) is 25.7 Å². The van der Waals surface area contributed by atoms with Gasteiger partial charge in [-0.15, -0.1) is 0 Å². The monoisotopic (exact) mass is 260 g/mol. The van der Waals surface area contributed by atoms with Crippen LogP contribution in [0, 0.1) is 5.92 Å². The molecule has 0 aromatic rings. The average Bonchev–Trinajstić information content (AvgIpc) is 2.13. The molecule has 1 aliphatic rings. The van der Waals surface area contributed by atoms with Crippen LogP contribution >= 0.6 is 0 Å². The predicted molar refractivity (Wildman–Crippen MR) is 69.6 cm³/mol. The number of alkyl halides is 2. The first kappa shape index (κ1) is 14.4. The van der Waals surface area contributed by atoms with Crippen LogP contribution < -0.4 is 0 Å². The van der Waals surface area contributed by atoms with E-state index in [1.807, 2.05) is 12.2 Å². The molecule has 0 unspecified atom stereocenters. The summed E-state index contributed by atoms with van der Waals surface area (Å²) in [5.41, 5.74) is 0. The molecule has 0 N–H and O–H groups in total. The molecule has 0 aromatic heterocycles. The molecule has 0 saturated heterocycles. The third-order valence-corrected chi connectivity index (χ3v) is 3.63. The van der Waals surface area contributed by atoms with Crippen molar-refractivity contribution in [2.75, 3.05) is 0 Å². The van der Waals surface area contributed by atoms with Gasteiger partial charge in [-0.25, -0.2) is 8.78 Å². The summed E-state index contributed by atoms with van der Waals surface area (Å²) in [6.07, 6.45) is 4.93. The van der Waals surface area contributed by atoms with E-state index in [1.54, 1.807) is 0 Å². The zero-order chi connectivity index (χ0) is 13.1. The maximum atomic E-state index is 12.9. The van der Waals surface area contributed by atoms with Gasteiger partial charge in [0.15, 0.2) is 0 Å². The molecule has 1 aliphatic carbocycles. The van der Waals surface area contributed by atoms with E-state index in [-0.39, 0.29) is 18.8 Å². The summed E-state index contributed by atoms with van der Waals surface area (Å²) in [5, 5.41) is 0. The molecule has 0 aromatic carbocycles. The highest BCUT2D eigenvalue weighted by molar-refractivity contribution is 6.70. The topological polar surface area (TPSA) is 9.23 Å². The molecule has 0 heterocycles. The van der Waals surface area contributed by atoms with Crippen molar-refractivity contribution in [3.8, 4) is 0 Å². The maximum absolute atomic E-state index is 12.9. The molecule has 1 saturated carbocycles. The van der Waals surface area contributed by atoms with Gasteiger partial charge in [0.05, 0.1) is 5.76 Å². The Morgan fingerprint density at radius 2 is 1.82 bits per heavy atom. The average molecular weight is 260 g/mol. The minimum atomic E-state index is -2.45. The van der Waals surface area contributed by atoms with Crippen LogP contribution in [0.3, 0.4) is 0 Å². The summed E-state index contributed by atoms with van der Waals surface area (Å²) in [6, 6.07) is 0. The fourth-order valence-corrected chi connectivity index (χ4v) is 2.78. The van der Waals surface area contributed by atoms with Crippen LogP contribution in [-0.4, -0.2) is 14.2 Å². The molecule has 17 heavy (non-hydrogen) atoms.